The van der Waals surface area contributed by atoms with Crippen molar-refractivity contribution in [2.75, 3.05) is 5.32 Å². The molecule has 0 bridgehead atoms. The van der Waals surface area contributed by atoms with Crippen LogP contribution in [0.1, 0.15) is 11.1 Å². The lowest BCUT2D eigenvalue weighted by Gasteiger charge is -2.11. The van der Waals surface area contributed by atoms with Crippen molar-refractivity contribution in [1.82, 2.24) is 9.78 Å². The number of anilines is 1. The monoisotopic (exact) mass is 377 g/mol. The predicted molar refractivity (Wildman–Crippen MR) is 96.5 cm³/mol. The summed E-state index contributed by atoms with van der Waals surface area (Å²) in [6.45, 7) is 0.306. The molecule has 0 saturated heterocycles. The van der Waals surface area contributed by atoms with Crippen molar-refractivity contribution in [3.8, 4) is 0 Å². The van der Waals surface area contributed by atoms with Crippen molar-refractivity contribution in [2.24, 2.45) is 0 Å². The number of hydrogen-bond acceptors (Lipinski definition) is 2. The molecule has 0 atom stereocenters. The van der Waals surface area contributed by atoms with Gasteiger partial charge in [0.15, 0.2) is 0 Å². The van der Waals surface area contributed by atoms with Crippen LogP contribution >= 0.6 is 23.2 Å². The maximum absolute atomic E-state index is 13.7. The molecule has 0 aliphatic heterocycles. The molecule has 3 aromatic rings. The SMILES string of the molecule is O=C(Cc1ccccc1F)Nc1ccnn1Cc1c(Cl)cccc1Cl. The van der Waals surface area contributed by atoms with Gasteiger partial charge in [-0.3, -0.25) is 4.79 Å². The van der Waals surface area contributed by atoms with E-state index in [0.29, 0.717) is 33.5 Å². The summed E-state index contributed by atoms with van der Waals surface area (Å²) in [5.41, 5.74) is 1.04. The molecule has 128 valence electrons. The predicted octanol–water partition coefficient (Wildman–Crippen LogP) is 4.56. The van der Waals surface area contributed by atoms with Crippen LogP contribution in [0.3, 0.4) is 0 Å². The Morgan fingerprint density at radius 3 is 2.52 bits per heavy atom. The average molecular weight is 378 g/mol. The van der Waals surface area contributed by atoms with Crippen LogP contribution in [0.4, 0.5) is 10.2 Å². The Morgan fingerprint density at radius 1 is 1.08 bits per heavy atom. The lowest BCUT2D eigenvalue weighted by molar-refractivity contribution is -0.115. The van der Waals surface area contributed by atoms with Gasteiger partial charge in [-0.1, -0.05) is 47.5 Å². The molecule has 25 heavy (non-hydrogen) atoms. The van der Waals surface area contributed by atoms with Crippen LogP contribution in [0, 0.1) is 5.82 Å². The van der Waals surface area contributed by atoms with Crippen molar-refractivity contribution in [2.45, 2.75) is 13.0 Å². The van der Waals surface area contributed by atoms with Crippen LogP contribution in [0.2, 0.25) is 10.0 Å². The number of halogens is 3. The summed E-state index contributed by atoms with van der Waals surface area (Å²) in [5, 5.41) is 7.96. The zero-order chi connectivity index (χ0) is 17.8. The molecule has 0 aliphatic carbocycles. The van der Waals surface area contributed by atoms with Crippen LogP contribution in [0.15, 0.2) is 54.7 Å². The standard InChI is InChI=1S/C18H14Cl2FN3O/c19-14-5-3-6-15(20)13(14)11-24-17(8-9-22-24)23-18(25)10-12-4-1-2-7-16(12)21/h1-9H,10-11H2,(H,23,25). The third-order valence-electron chi connectivity index (χ3n) is 3.66. The van der Waals surface area contributed by atoms with Gasteiger partial charge in [0.05, 0.1) is 19.2 Å². The van der Waals surface area contributed by atoms with Crippen molar-refractivity contribution >= 4 is 34.9 Å². The summed E-state index contributed by atoms with van der Waals surface area (Å²) in [4.78, 5) is 12.2. The number of benzene rings is 2. The quantitative estimate of drug-likeness (QED) is 0.708. The van der Waals surface area contributed by atoms with Crippen molar-refractivity contribution in [3.05, 3.63) is 81.7 Å². The van der Waals surface area contributed by atoms with E-state index in [1.165, 1.54) is 6.07 Å². The zero-order valence-corrected chi connectivity index (χ0v) is 14.6. The number of aromatic nitrogens is 2. The summed E-state index contributed by atoms with van der Waals surface area (Å²) in [6.07, 6.45) is 1.49. The first-order valence-electron chi connectivity index (χ1n) is 7.52. The maximum atomic E-state index is 13.7. The lowest BCUT2D eigenvalue weighted by Crippen LogP contribution is -2.18. The van der Waals surface area contributed by atoms with Gasteiger partial charge in [0.25, 0.3) is 0 Å². The largest absolute Gasteiger partial charge is 0.311 e. The van der Waals surface area contributed by atoms with Gasteiger partial charge in [-0.25, -0.2) is 9.07 Å². The molecule has 4 nitrogen and oxygen atoms in total. The smallest absolute Gasteiger partial charge is 0.230 e. The molecule has 0 spiro atoms. The molecule has 2 aromatic carbocycles. The summed E-state index contributed by atoms with van der Waals surface area (Å²) < 4.78 is 15.2. The van der Waals surface area contributed by atoms with Crippen molar-refractivity contribution < 1.29 is 9.18 Å². The van der Waals surface area contributed by atoms with E-state index >= 15 is 0 Å². The molecule has 0 radical (unpaired) electrons. The van der Waals surface area contributed by atoms with Gasteiger partial charge < -0.3 is 5.32 Å². The Hall–Kier alpha value is -2.37. The van der Waals surface area contributed by atoms with E-state index in [-0.39, 0.29) is 12.3 Å². The van der Waals surface area contributed by atoms with Gasteiger partial charge in [-0.05, 0) is 23.8 Å². The van der Waals surface area contributed by atoms with Crippen LogP contribution in [-0.2, 0) is 17.8 Å². The number of amides is 1. The highest BCUT2D eigenvalue weighted by atomic mass is 35.5. The second-order valence-corrected chi connectivity index (χ2v) is 6.21. The first-order chi connectivity index (χ1) is 12.0. The van der Waals surface area contributed by atoms with Gasteiger partial charge in [0.1, 0.15) is 11.6 Å². The van der Waals surface area contributed by atoms with Gasteiger partial charge in [0.2, 0.25) is 5.91 Å². The number of hydrogen-bond donors (Lipinski definition) is 1. The van der Waals surface area contributed by atoms with E-state index in [2.05, 4.69) is 10.4 Å². The Labute approximate surface area is 154 Å². The molecule has 0 fully saturated rings. The molecule has 1 heterocycles. The lowest BCUT2D eigenvalue weighted by atomic mass is 10.1. The molecular formula is C18H14Cl2FN3O. The number of carbonyl (C=O) groups excluding carboxylic acids is 1. The molecule has 0 saturated carbocycles. The summed E-state index contributed by atoms with van der Waals surface area (Å²) in [5.74, 6) is -0.261. The average Bonchev–Trinajstić information content (AvgIpc) is 3.00. The van der Waals surface area contributed by atoms with E-state index in [1.807, 2.05) is 0 Å². The highest BCUT2D eigenvalue weighted by Crippen LogP contribution is 2.26. The number of nitrogens with zero attached hydrogens (tertiary/aromatic N) is 2. The molecule has 0 aliphatic rings. The highest BCUT2D eigenvalue weighted by Gasteiger charge is 2.13. The third kappa shape index (κ3) is 4.18. The van der Waals surface area contributed by atoms with Crippen LogP contribution in [0.25, 0.3) is 0 Å². The minimum Gasteiger partial charge on any atom is -0.311 e. The third-order valence-corrected chi connectivity index (χ3v) is 4.37. The van der Waals surface area contributed by atoms with Gasteiger partial charge in [0, 0.05) is 21.7 Å². The minimum absolute atomic E-state index is 0.0648. The number of rotatable bonds is 5. The Bertz CT molecular complexity index is 891. The summed E-state index contributed by atoms with van der Waals surface area (Å²) >= 11 is 12.3. The fourth-order valence-corrected chi connectivity index (χ4v) is 2.92. The fraction of sp³-hybridized carbons (Fsp3) is 0.111. The van der Waals surface area contributed by atoms with E-state index in [0.717, 1.165) is 0 Å². The Kier molecular flexibility index (Phi) is 5.36. The molecule has 0 unspecified atom stereocenters. The van der Waals surface area contributed by atoms with Crippen LogP contribution in [-0.4, -0.2) is 15.7 Å². The van der Waals surface area contributed by atoms with E-state index in [4.69, 9.17) is 23.2 Å². The van der Waals surface area contributed by atoms with Crippen molar-refractivity contribution in [1.29, 1.82) is 0 Å². The Morgan fingerprint density at radius 2 is 1.80 bits per heavy atom. The highest BCUT2D eigenvalue weighted by molar-refractivity contribution is 6.35. The van der Waals surface area contributed by atoms with Gasteiger partial charge in [-0.15, -0.1) is 0 Å². The molecule has 1 aromatic heterocycles. The Balaban J connectivity index is 1.74. The van der Waals surface area contributed by atoms with E-state index < -0.39 is 5.82 Å². The topological polar surface area (TPSA) is 46.9 Å². The van der Waals surface area contributed by atoms with Crippen molar-refractivity contribution in [3.63, 3.8) is 0 Å². The van der Waals surface area contributed by atoms with Crippen LogP contribution < -0.4 is 5.32 Å². The molecule has 7 heteroatoms. The molecular weight excluding hydrogens is 364 g/mol. The molecule has 3 rings (SSSR count). The van der Waals surface area contributed by atoms with Gasteiger partial charge in [-0.2, -0.15) is 5.10 Å². The second kappa shape index (κ2) is 7.68. The van der Waals surface area contributed by atoms with Crippen LogP contribution in [0.5, 0.6) is 0 Å². The zero-order valence-electron chi connectivity index (χ0n) is 13.0. The first kappa shape index (κ1) is 17.5. The fourth-order valence-electron chi connectivity index (χ4n) is 2.40. The first-order valence-corrected chi connectivity index (χ1v) is 8.28. The minimum atomic E-state index is -0.408. The summed E-state index contributed by atoms with van der Waals surface area (Å²) in [7, 11) is 0. The number of carbonyl (C=O) groups is 1. The summed E-state index contributed by atoms with van der Waals surface area (Å²) in [6, 6.07) is 13.1. The number of nitrogens with one attached hydrogen (secondary N) is 1. The van der Waals surface area contributed by atoms with Gasteiger partial charge >= 0.3 is 0 Å². The normalized spacial score (nSPS) is 10.7. The van der Waals surface area contributed by atoms with E-state index in [9.17, 15) is 9.18 Å². The molecule has 1 amide bonds. The second-order valence-electron chi connectivity index (χ2n) is 5.39. The molecule has 1 N–H and O–H groups in total. The maximum Gasteiger partial charge on any atom is 0.230 e. The van der Waals surface area contributed by atoms with E-state index in [1.54, 1.807) is 53.3 Å².